The van der Waals surface area contributed by atoms with Crippen molar-refractivity contribution in [3.05, 3.63) is 62.1 Å². The molecule has 29 heavy (non-hydrogen) atoms. The SMILES string of the molecule is CCCCc1ccc2nc(NC(=S)NC(=O)c3cc([N+](=O)[O-])ccc3Br)sc2c1. The molecule has 2 N–H and O–H groups in total. The van der Waals surface area contributed by atoms with E-state index >= 15 is 0 Å². The Labute approximate surface area is 184 Å². The molecule has 7 nitrogen and oxygen atoms in total. The summed E-state index contributed by atoms with van der Waals surface area (Å²) >= 11 is 9.88. The number of fused-ring (bicyclic) bond motifs is 1. The number of hydrogen-bond acceptors (Lipinski definition) is 6. The highest BCUT2D eigenvalue weighted by atomic mass is 79.9. The zero-order chi connectivity index (χ0) is 21.0. The third-order valence-electron chi connectivity index (χ3n) is 4.12. The Morgan fingerprint density at radius 1 is 1.31 bits per heavy atom. The van der Waals surface area contributed by atoms with E-state index < -0.39 is 10.8 Å². The van der Waals surface area contributed by atoms with Crippen LogP contribution in [0.25, 0.3) is 10.2 Å². The first-order valence-electron chi connectivity index (χ1n) is 8.83. The average molecular weight is 493 g/mol. The molecule has 0 unspecified atom stereocenters. The van der Waals surface area contributed by atoms with Gasteiger partial charge in [-0.15, -0.1) is 0 Å². The quantitative estimate of drug-likeness (QED) is 0.270. The van der Waals surface area contributed by atoms with Gasteiger partial charge in [-0.05, 0) is 64.8 Å². The number of thiocarbonyl (C=S) groups is 1. The van der Waals surface area contributed by atoms with Crippen LogP contribution in [0.15, 0.2) is 40.9 Å². The minimum Gasteiger partial charge on any atom is -0.308 e. The summed E-state index contributed by atoms with van der Waals surface area (Å²) < 4.78 is 1.47. The number of amides is 1. The van der Waals surface area contributed by atoms with Crippen LogP contribution in [0.1, 0.15) is 35.7 Å². The molecule has 0 radical (unpaired) electrons. The largest absolute Gasteiger partial charge is 0.308 e. The van der Waals surface area contributed by atoms with Crippen LogP contribution in [0.3, 0.4) is 0 Å². The average Bonchev–Trinajstić information content (AvgIpc) is 3.07. The molecule has 0 aliphatic heterocycles. The van der Waals surface area contributed by atoms with E-state index in [1.165, 1.54) is 35.1 Å². The van der Waals surface area contributed by atoms with E-state index in [9.17, 15) is 14.9 Å². The Bertz CT molecular complexity index is 1100. The van der Waals surface area contributed by atoms with Crippen molar-refractivity contribution in [2.75, 3.05) is 5.32 Å². The van der Waals surface area contributed by atoms with Crippen LogP contribution in [-0.4, -0.2) is 20.9 Å². The minimum atomic E-state index is -0.560. The van der Waals surface area contributed by atoms with Crippen LogP contribution in [0.5, 0.6) is 0 Å². The number of aryl methyl sites for hydroxylation is 1. The molecular weight excluding hydrogens is 476 g/mol. The molecule has 3 aromatic rings. The number of hydrogen-bond donors (Lipinski definition) is 2. The van der Waals surface area contributed by atoms with Gasteiger partial charge in [0, 0.05) is 16.6 Å². The highest BCUT2D eigenvalue weighted by Crippen LogP contribution is 2.27. The van der Waals surface area contributed by atoms with E-state index in [0.717, 1.165) is 29.5 Å². The second kappa shape index (κ2) is 9.38. The molecule has 3 rings (SSSR count). The predicted octanol–water partition coefficient (Wildman–Crippen LogP) is 5.44. The predicted molar refractivity (Wildman–Crippen MR) is 123 cm³/mol. The summed E-state index contributed by atoms with van der Waals surface area (Å²) in [5.41, 5.74) is 2.06. The monoisotopic (exact) mass is 492 g/mol. The lowest BCUT2D eigenvalue weighted by Crippen LogP contribution is -2.34. The maximum Gasteiger partial charge on any atom is 0.270 e. The lowest BCUT2D eigenvalue weighted by Gasteiger charge is -2.08. The van der Waals surface area contributed by atoms with Gasteiger partial charge in [-0.2, -0.15) is 0 Å². The Morgan fingerprint density at radius 3 is 2.83 bits per heavy atom. The number of carbonyl (C=O) groups excluding carboxylic acids is 1. The lowest BCUT2D eigenvalue weighted by molar-refractivity contribution is -0.384. The van der Waals surface area contributed by atoms with Crippen LogP contribution in [0.2, 0.25) is 0 Å². The third kappa shape index (κ3) is 5.34. The molecule has 0 fully saturated rings. The van der Waals surface area contributed by atoms with Crippen molar-refractivity contribution < 1.29 is 9.72 Å². The standard InChI is InChI=1S/C19H17BrN4O3S2/c1-2-3-4-11-5-8-15-16(9-11)29-19(21-15)23-18(28)22-17(25)13-10-12(24(26)27)6-7-14(13)20/h5-10H,2-4H2,1H3,(H2,21,22,23,25,28). The number of unbranched alkanes of at least 4 members (excludes halogenated alkanes) is 1. The summed E-state index contributed by atoms with van der Waals surface area (Å²) in [5.74, 6) is -0.555. The number of benzene rings is 2. The van der Waals surface area contributed by atoms with Crippen LogP contribution in [0, 0.1) is 10.1 Å². The number of nitrogens with one attached hydrogen (secondary N) is 2. The molecule has 0 saturated heterocycles. The van der Waals surface area contributed by atoms with E-state index in [1.807, 2.05) is 6.07 Å². The van der Waals surface area contributed by atoms with E-state index in [-0.39, 0.29) is 16.4 Å². The van der Waals surface area contributed by atoms with Gasteiger partial charge in [-0.3, -0.25) is 20.2 Å². The minimum absolute atomic E-state index is 0.0682. The second-order valence-corrected chi connectivity index (χ2v) is 8.55. The fourth-order valence-electron chi connectivity index (χ4n) is 2.66. The van der Waals surface area contributed by atoms with E-state index in [1.54, 1.807) is 0 Å². The Morgan fingerprint density at radius 2 is 2.10 bits per heavy atom. The van der Waals surface area contributed by atoms with Gasteiger partial charge in [0.25, 0.3) is 11.6 Å². The molecule has 1 amide bonds. The molecular formula is C19H17BrN4O3S2. The molecule has 0 bridgehead atoms. The molecule has 150 valence electrons. The van der Waals surface area contributed by atoms with Crippen molar-refractivity contribution in [3.63, 3.8) is 0 Å². The van der Waals surface area contributed by atoms with Crippen LogP contribution >= 0.6 is 39.5 Å². The van der Waals surface area contributed by atoms with Crippen molar-refractivity contribution in [1.29, 1.82) is 0 Å². The van der Waals surface area contributed by atoms with Crippen molar-refractivity contribution in [2.24, 2.45) is 0 Å². The summed E-state index contributed by atoms with van der Waals surface area (Å²) in [6.45, 7) is 2.16. The van der Waals surface area contributed by atoms with Gasteiger partial charge >= 0.3 is 0 Å². The fraction of sp³-hybridized carbons (Fsp3) is 0.211. The normalized spacial score (nSPS) is 10.7. The molecule has 0 atom stereocenters. The van der Waals surface area contributed by atoms with Gasteiger partial charge in [0.1, 0.15) is 0 Å². The van der Waals surface area contributed by atoms with Crippen molar-refractivity contribution in [2.45, 2.75) is 26.2 Å². The van der Waals surface area contributed by atoms with Crippen molar-refractivity contribution >= 4 is 71.5 Å². The number of nitro groups is 1. The molecule has 2 aromatic carbocycles. The number of nitro benzene ring substituents is 1. The lowest BCUT2D eigenvalue weighted by atomic mass is 10.1. The van der Waals surface area contributed by atoms with Gasteiger partial charge in [0.05, 0.1) is 20.7 Å². The van der Waals surface area contributed by atoms with E-state index in [0.29, 0.717) is 9.60 Å². The summed E-state index contributed by atoms with van der Waals surface area (Å²) in [6, 6.07) is 10.1. The van der Waals surface area contributed by atoms with Crippen LogP contribution in [-0.2, 0) is 6.42 Å². The number of carbonyl (C=O) groups is 1. The molecule has 10 heteroatoms. The molecule has 0 aliphatic rings. The number of anilines is 1. The smallest absolute Gasteiger partial charge is 0.270 e. The molecule has 1 heterocycles. The zero-order valence-corrected chi connectivity index (χ0v) is 18.6. The second-order valence-electron chi connectivity index (χ2n) is 6.25. The van der Waals surface area contributed by atoms with E-state index in [4.69, 9.17) is 12.2 Å². The van der Waals surface area contributed by atoms with Crippen molar-refractivity contribution in [3.8, 4) is 0 Å². The Hall–Kier alpha value is -2.43. The number of non-ortho nitro benzene ring substituents is 1. The van der Waals surface area contributed by atoms with Gasteiger partial charge in [0.15, 0.2) is 10.2 Å². The van der Waals surface area contributed by atoms with Gasteiger partial charge < -0.3 is 5.32 Å². The van der Waals surface area contributed by atoms with Crippen molar-refractivity contribution in [1.82, 2.24) is 10.3 Å². The maximum atomic E-state index is 12.4. The van der Waals surface area contributed by atoms with Gasteiger partial charge in [0.2, 0.25) is 0 Å². The van der Waals surface area contributed by atoms with Crippen LogP contribution in [0.4, 0.5) is 10.8 Å². The summed E-state index contributed by atoms with van der Waals surface area (Å²) in [5, 5.41) is 17.0. The summed E-state index contributed by atoms with van der Waals surface area (Å²) in [4.78, 5) is 27.3. The zero-order valence-electron chi connectivity index (χ0n) is 15.4. The number of thiazole rings is 1. The summed E-state index contributed by atoms with van der Waals surface area (Å²) in [7, 11) is 0. The third-order valence-corrected chi connectivity index (χ3v) is 5.95. The molecule has 1 aromatic heterocycles. The number of rotatable bonds is 6. The number of aromatic nitrogens is 1. The highest BCUT2D eigenvalue weighted by Gasteiger charge is 2.17. The van der Waals surface area contributed by atoms with Gasteiger partial charge in [-0.1, -0.05) is 30.7 Å². The molecule has 0 aliphatic carbocycles. The number of nitrogens with zero attached hydrogens (tertiary/aromatic N) is 2. The highest BCUT2D eigenvalue weighted by molar-refractivity contribution is 9.10. The first-order valence-corrected chi connectivity index (χ1v) is 10.8. The maximum absolute atomic E-state index is 12.4. The van der Waals surface area contributed by atoms with E-state index in [2.05, 4.69) is 50.6 Å². The first-order chi connectivity index (χ1) is 13.9. The first kappa shape index (κ1) is 21.3. The molecule has 0 spiro atoms. The van der Waals surface area contributed by atoms with Crippen LogP contribution < -0.4 is 10.6 Å². The summed E-state index contributed by atoms with van der Waals surface area (Å²) in [6.07, 6.45) is 3.31. The Kier molecular flexibility index (Phi) is 6.88. The number of halogens is 1. The Balaban J connectivity index is 1.69. The fourth-order valence-corrected chi connectivity index (χ4v) is 4.27. The van der Waals surface area contributed by atoms with Gasteiger partial charge in [-0.25, -0.2) is 4.98 Å². The molecule has 0 saturated carbocycles. The topological polar surface area (TPSA) is 97.2 Å².